The van der Waals surface area contributed by atoms with Crippen molar-refractivity contribution < 1.29 is 4.79 Å². The first-order chi connectivity index (χ1) is 15.7. The number of nitrogens with zero attached hydrogens (tertiary/aromatic N) is 2. The van der Waals surface area contributed by atoms with Crippen LogP contribution >= 0.6 is 0 Å². The topological polar surface area (TPSA) is 23.6 Å². The number of hydrogen-bond acceptors (Lipinski definition) is 2. The van der Waals surface area contributed by atoms with Gasteiger partial charge in [-0.25, -0.2) is 0 Å². The number of amides is 1. The highest BCUT2D eigenvalue weighted by Crippen LogP contribution is 2.35. The number of carbonyl (C=O) groups excluding carboxylic acids is 1. The first-order valence-electron chi connectivity index (χ1n) is 12.8. The highest BCUT2D eigenvalue weighted by molar-refractivity contribution is 5.94. The predicted molar refractivity (Wildman–Crippen MR) is 143 cm³/mol. The van der Waals surface area contributed by atoms with Gasteiger partial charge in [0.25, 0.3) is 0 Å². The summed E-state index contributed by atoms with van der Waals surface area (Å²) in [5.41, 5.74) is 3.63. The maximum absolute atomic E-state index is 12.9. The maximum atomic E-state index is 12.9. The molecule has 0 aromatic heterocycles. The molecule has 1 amide bonds. The number of anilines is 1. The highest BCUT2D eigenvalue weighted by atomic mass is 16.2. The van der Waals surface area contributed by atoms with E-state index in [4.69, 9.17) is 0 Å². The Morgan fingerprint density at radius 2 is 1.66 bits per heavy atom. The lowest BCUT2D eigenvalue weighted by atomic mass is 9.84. The number of hydrogen-bond donors (Lipinski definition) is 0. The summed E-state index contributed by atoms with van der Waals surface area (Å²) >= 11 is 0. The Balaban J connectivity index is 0.00000148. The van der Waals surface area contributed by atoms with E-state index in [1.54, 1.807) is 0 Å². The molecule has 2 unspecified atom stereocenters. The number of fused-ring (bicyclic) bond motifs is 1. The zero-order valence-electron chi connectivity index (χ0n) is 21.9. The Labute approximate surface area is 198 Å². The number of rotatable bonds is 6. The SMILES string of the molecule is C=CC1=C(C=C)C2CC(N(C(=O)CCC)c3ccccc3)CCN2CC1.CC.CC.CC. The van der Waals surface area contributed by atoms with Crippen LogP contribution in [0.25, 0.3) is 0 Å². The molecule has 1 saturated heterocycles. The predicted octanol–water partition coefficient (Wildman–Crippen LogP) is 7.80. The number of benzene rings is 1. The van der Waals surface area contributed by atoms with Gasteiger partial charge in [-0.2, -0.15) is 0 Å². The molecule has 3 heteroatoms. The number of carbonyl (C=O) groups is 1. The van der Waals surface area contributed by atoms with Crippen LogP contribution in [0.15, 0.2) is 66.8 Å². The maximum Gasteiger partial charge on any atom is 0.227 e. The average molecular weight is 441 g/mol. The molecule has 180 valence electrons. The summed E-state index contributed by atoms with van der Waals surface area (Å²) in [5.74, 6) is 0.237. The third kappa shape index (κ3) is 7.78. The molecular formula is C29H48N2O. The van der Waals surface area contributed by atoms with Crippen molar-refractivity contribution in [1.29, 1.82) is 0 Å². The van der Waals surface area contributed by atoms with Crippen molar-refractivity contribution in [2.45, 2.75) is 92.7 Å². The van der Waals surface area contributed by atoms with Crippen LogP contribution in [0, 0.1) is 0 Å². The summed E-state index contributed by atoms with van der Waals surface area (Å²) in [6.45, 7) is 24.2. The van der Waals surface area contributed by atoms with Gasteiger partial charge in [0.05, 0.1) is 0 Å². The lowest BCUT2D eigenvalue weighted by Gasteiger charge is -2.46. The van der Waals surface area contributed by atoms with Crippen LogP contribution in [0.4, 0.5) is 5.69 Å². The van der Waals surface area contributed by atoms with Gasteiger partial charge in [-0.3, -0.25) is 9.69 Å². The Morgan fingerprint density at radius 1 is 1.03 bits per heavy atom. The van der Waals surface area contributed by atoms with Crippen LogP contribution in [-0.4, -0.2) is 36.0 Å². The van der Waals surface area contributed by atoms with Crippen LogP contribution in [0.2, 0.25) is 0 Å². The van der Waals surface area contributed by atoms with E-state index in [9.17, 15) is 4.79 Å². The van der Waals surface area contributed by atoms with Crippen molar-refractivity contribution >= 4 is 11.6 Å². The van der Waals surface area contributed by atoms with Crippen LogP contribution < -0.4 is 4.90 Å². The number of para-hydroxylation sites is 1. The molecule has 0 aliphatic carbocycles. The van der Waals surface area contributed by atoms with E-state index >= 15 is 0 Å². The van der Waals surface area contributed by atoms with E-state index in [1.807, 2.05) is 71.9 Å². The average Bonchev–Trinajstić information content (AvgIpc) is 2.88. The Kier molecular flexibility index (Phi) is 16.3. The lowest BCUT2D eigenvalue weighted by Crippen LogP contribution is -2.53. The van der Waals surface area contributed by atoms with Gasteiger partial charge >= 0.3 is 0 Å². The van der Waals surface area contributed by atoms with E-state index in [-0.39, 0.29) is 11.9 Å². The molecule has 0 spiro atoms. The lowest BCUT2D eigenvalue weighted by molar-refractivity contribution is -0.119. The zero-order chi connectivity index (χ0) is 24.5. The summed E-state index contributed by atoms with van der Waals surface area (Å²) in [6, 6.07) is 10.7. The Morgan fingerprint density at radius 3 is 2.19 bits per heavy atom. The minimum atomic E-state index is 0.233. The molecule has 0 radical (unpaired) electrons. The Bertz CT molecular complexity index is 692. The van der Waals surface area contributed by atoms with Crippen molar-refractivity contribution in [3.05, 3.63) is 66.8 Å². The van der Waals surface area contributed by atoms with E-state index < -0.39 is 0 Å². The van der Waals surface area contributed by atoms with Crippen LogP contribution in [0.3, 0.4) is 0 Å². The summed E-state index contributed by atoms with van der Waals surface area (Å²) in [6.07, 6.45) is 8.48. The van der Waals surface area contributed by atoms with E-state index in [1.165, 1.54) is 11.1 Å². The molecule has 1 fully saturated rings. The molecule has 0 bridgehead atoms. The third-order valence-electron chi connectivity index (χ3n) is 5.68. The molecule has 0 saturated carbocycles. The normalized spacial score (nSPS) is 19.5. The molecule has 1 aromatic carbocycles. The van der Waals surface area contributed by atoms with E-state index in [0.717, 1.165) is 44.5 Å². The molecule has 3 nitrogen and oxygen atoms in total. The second-order valence-electron chi connectivity index (χ2n) is 7.22. The second-order valence-corrected chi connectivity index (χ2v) is 7.22. The van der Waals surface area contributed by atoms with Crippen molar-refractivity contribution in [2.75, 3.05) is 18.0 Å². The zero-order valence-corrected chi connectivity index (χ0v) is 21.9. The number of piperidine rings is 1. The van der Waals surface area contributed by atoms with Crippen molar-refractivity contribution in [2.24, 2.45) is 0 Å². The molecule has 2 aliphatic rings. The quantitative estimate of drug-likeness (QED) is 0.450. The van der Waals surface area contributed by atoms with E-state index in [2.05, 4.69) is 42.0 Å². The summed E-state index contributed by atoms with van der Waals surface area (Å²) in [7, 11) is 0. The van der Waals surface area contributed by atoms with Gasteiger partial charge in [0.15, 0.2) is 0 Å². The summed E-state index contributed by atoms with van der Waals surface area (Å²) in [4.78, 5) is 17.5. The van der Waals surface area contributed by atoms with Gasteiger partial charge in [0.2, 0.25) is 5.91 Å². The molecule has 2 heterocycles. The van der Waals surface area contributed by atoms with Gasteiger partial charge in [-0.1, -0.05) is 92.0 Å². The van der Waals surface area contributed by atoms with Gasteiger partial charge in [0.1, 0.15) is 0 Å². The third-order valence-corrected chi connectivity index (χ3v) is 5.68. The molecule has 2 aliphatic heterocycles. The van der Waals surface area contributed by atoms with E-state index in [0.29, 0.717) is 12.5 Å². The van der Waals surface area contributed by atoms with Crippen LogP contribution in [0.1, 0.15) is 80.6 Å². The largest absolute Gasteiger partial charge is 0.309 e. The molecule has 32 heavy (non-hydrogen) atoms. The smallest absolute Gasteiger partial charge is 0.227 e. The Hall–Kier alpha value is -2.13. The van der Waals surface area contributed by atoms with Gasteiger partial charge in [-0.05, 0) is 49.0 Å². The van der Waals surface area contributed by atoms with Gasteiger partial charge < -0.3 is 4.90 Å². The second kappa shape index (κ2) is 17.4. The van der Waals surface area contributed by atoms with Gasteiger partial charge in [0, 0.05) is 37.3 Å². The first-order valence-corrected chi connectivity index (χ1v) is 12.8. The monoisotopic (exact) mass is 440 g/mol. The van der Waals surface area contributed by atoms with Crippen molar-refractivity contribution in [3.63, 3.8) is 0 Å². The van der Waals surface area contributed by atoms with Gasteiger partial charge in [-0.15, -0.1) is 0 Å². The summed E-state index contributed by atoms with van der Waals surface area (Å²) in [5, 5.41) is 0. The molecule has 3 rings (SSSR count). The minimum Gasteiger partial charge on any atom is -0.309 e. The fourth-order valence-electron chi connectivity index (χ4n) is 4.41. The fraction of sp³-hybridized carbons (Fsp3) is 0.552. The van der Waals surface area contributed by atoms with Crippen molar-refractivity contribution in [3.8, 4) is 0 Å². The first kappa shape index (κ1) is 29.9. The van der Waals surface area contributed by atoms with Crippen LogP contribution in [0.5, 0.6) is 0 Å². The van der Waals surface area contributed by atoms with Crippen molar-refractivity contribution in [1.82, 2.24) is 4.90 Å². The number of allylic oxidation sites excluding steroid dienone is 1. The molecular weight excluding hydrogens is 392 g/mol. The highest BCUT2D eigenvalue weighted by Gasteiger charge is 2.37. The summed E-state index contributed by atoms with van der Waals surface area (Å²) < 4.78 is 0. The fourth-order valence-corrected chi connectivity index (χ4v) is 4.41. The molecule has 2 atom stereocenters. The molecule has 1 aromatic rings. The molecule has 0 N–H and O–H groups in total. The standard InChI is InChI=1S/C23H30N2O.3C2H6/c1-4-10-23(26)25(19-11-8-7-9-12-19)20-14-16-24-15-13-18(5-2)21(6-3)22(24)17-20;3*1-2/h5-9,11-12,20,22H,2-4,10,13-17H2,1H3;3*1-2H3. The minimum absolute atomic E-state index is 0.233. The van der Waals surface area contributed by atoms with Crippen LogP contribution in [-0.2, 0) is 4.79 Å².